The lowest BCUT2D eigenvalue weighted by Crippen LogP contribution is -2.27. The zero-order valence-electron chi connectivity index (χ0n) is 13.3. The van der Waals surface area contributed by atoms with Crippen molar-refractivity contribution in [2.45, 2.75) is 11.3 Å². The number of amides is 1. The molecule has 1 heterocycles. The molecule has 0 bridgehead atoms. The van der Waals surface area contributed by atoms with Crippen LogP contribution in [0.2, 0.25) is 0 Å². The molecule has 2 aromatic carbocycles. The average molecular weight is 355 g/mol. The van der Waals surface area contributed by atoms with E-state index < -0.39 is 10.0 Å². The van der Waals surface area contributed by atoms with Crippen LogP contribution in [0.15, 0.2) is 71.8 Å². The molecular weight excluding hydrogens is 338 g/mol. The van der Waals surface area contributed by atoms with Crippen molar-refractivity contribution in [3.63, 3.8) is 0 Å². The Kier molecular flexibility index (Phi) is 5.06. The van der Waals surface area contributed by atoms with Crippen LogP contribution in [-0.4, -0.2) is 25.9 Å². The molecular formula is C18H17N3O3S. The summed E-state index contributed by atoms with van der Waals surface area (Å²) in [6.07, 6.45) is 1.60. The number of fused-ring (bicyclic) bond motifs is 1. The minimum absolute atomic E-state index is 0.0179. The number of carbonyl (C=O) groups is 1. The Balaban J connectivity index is 1.55. The van der Waals surface area contributed by atoms with Gasteiger partial charge in [-0.3, -0.25) is 9.78 Å². The Morgan fingerprint density at radius 3 is 2.52 bits per heavy atom. The van der Waals surface area contributed by atoms with Crippen LogP contribution in [0.3, 0.4) is 0 Å². The van der Waals surface area contributed by atoms with Gasteiger partial charge in [0.25, 0.3) is 0 Å². The molecule has 0 spiro atoms. The number of nitrogens with one attached hydrogen (secondary N) is 2. The van der Waals surface area contributed by atoms with Crippen LogP contribution in [0, 0.1) is 0 Å². The second-order valence-corrected chi connectivity index (χ2v) is 7.19. The zero-order valence-corrected chi connectivity index (χ0v) is 14.2. The molecule has 128 valence electrons. The summed E-state index contributed by atoms with van der Waals surface area (Å²) in [6.45, 7) is 0.0179. The zero-order chi connectivity index (χ0) is 17.7. The number of para-hydroxylation sites is 1. The lowest BCUT2D eigenvalue weighted by atomic mass is 10.2. The number of anilines is 1. The topological polar surface area (TPSA) is 88.2 Å². The second kappa shape index (κ2) is 7.42. The summed E-state index contributed by atoms with van der Waals surface area (Å²) in [5.41, 5.74) is 1.42. The van der Waals surface area contributed by atoms with Crippen LogP contribution < -0.4 is 10.0 Å². The molecule has 0 unspecified atom stereocenters. The normalized spacial score (nSPS) is 11.4. The summed E-state index contributed by atoms with van der Waals surface area (Å²) < 4.78 is 26.5. The Morgan fingerprint density at radius 2 is 1.72 bits per heavy atom. The number of pyridine rings is 1. The van der Waals surface area contributed by atoms with Crippen LogP contribution in [0.1, 0.15) is 6.42 Å². The van der Waals surface area contributed by atoms with Gasteiger partial charge in [-0.25, -0.2) is 13.1 Å². The number of hydrogen-bond acceptors (Lipinski definition) is 4. The van der Waals surface area contributed by atoms with Crippen LogP contribution in [0.5, 0.6) is 0 Å². The quantitative estimate of drug-likeness (QED) is 0.711. The highest BCUT2D eigenvalue weighted by atomic mass is 32.2. The molecule has 0 saturated heterocycles. The summed E-state index contributed by atoms with van der Waals surface area (Å²) in [6, 6.07) is 17.5. The third-order valence-corrected chi connectivity index (χ3v) is 5.05. The molecule has 3 rings (SSSR count). The molecule has 0 fully saturated rings. The van der Waals surface area contributed by atoms with Gasteiger partial charge in [-0.1, -0.05) is 36.4 Å². The van der Waals surface area contributed by atoms with Crippen molar-refractivity contribution in [2.24, 2.45) is 0 Å². The molecule has 1 amide bonds. The molecule has 6 nitrogen and oxygen atoms in total. The number of carbonyl (C=O) groups excluding carboxylic acids is 1. The molecule has 2 N–H and O–H groups in total. The third-order valence-electron chi connectivity index (χ3n) is 3.57. The first-order chi connectivity index (χ1) is 12.0. The fourth-order valence-electron chi connectivity index (χ4n) is 2.34. The van der Waals surface area contributed by atoms with Gasteiger partial charge in [-0.15, -0.1) is 0 Å². The van der Waals surface area contributed by atoms with Crippen LogP contribution >= 0.6 is 0 Å². The maximum absolute atomic E-state index is 12.1. The highest BCUT2D eigenvalue weighted by Crippen LogP contribution is 2.16. The van der Waals surface area contributed by atoms with E-state index in [9.17, 15) is 13.2 Å². The van der Waals surface area contributed by atoms with Gasteiger partial charge in [0.15, 0.2) is 0 Å². The summed E-state index contributed by atoms with van der Waals surface area (Å²) in [5, 5.41) is 3.65. The standard InChI is InChI=1S/C18H17N3O3S/c22-18(10-11-20-25(23,24)16-7-2-1-3-8-16)21-15-12-14-6-4-5-9-17(14)19-13-15/h1-9,12-13,20H,10-11H2,(H,21,22). The van der Waals surface area contributed by atoms with E-state index in [4.69, 9.17) is 0 Å². The first-order valence-electron chi connectivity index (χ1n) is 7.74. The fraction of sp³-hybridized carbons (Fsp3) is 0.111. The SMILES string of the molecule is O=C(CCNS(=O)(=O)c1ccccc1)Nc1cnc2ccccc2c1. The van der Waals surface area contributed by atoms with Crippen LogP contribution in [-0.2, 0) is 14.8 Å². The summed E-state index contributed by atoms with van der Waals surface area (Å²) in [7, 11) is -3.60. The summed E-state index contributed by atoms with van der Waals surface area (Å²) in [4.78, 5) is 16.4. The number of aromatic nitrogens is 1. The third kappa shape index (κ3) is 4.40. The Hall–Kier alpha value is -2.77. The summed E-state index contributed by atoms with van der Waals surface area (Å²) in [5.74, 6) is -0.284. The van der Waals surface area contributed by atoms with Crippen LogP contribution in [0.25, 0.3) is 10.9 Å². The van der Waals surface area contributed by atoms with Gasteiger partial charge >= 0.3 is 0 Å². The molecule has 0 aliphatic carbocycles. The Bertz CT molecular complexity index is 989. The molecule has 0 atom stereocenters. The fourth-order valence-corrected chi connectivity index (χ4v) is 3.40. The molecule has 0 radical (unpaired) electrons. The molecule has 0 aliphatic rings. The van der Waals surface area contributed by atoms with Crippen LogP contribution in [0.4, 0.5) is 5.69 Å². The number of sulfonamides is 1. The molecule has 0 saturated carbocycles. The molecule has 3 aromatic rings. The van der Waals surface area contributed by atoms with E-state index in [0.717, 1.165) is 10.9 Å². The van der Waals surface area contributed by atoms with E-state index >= 15 is 0 Å². The van der Waals surface area contributed by atoms with Gasteiger partial charge in [0, 0.05) is 18.4 Å². The number of nitrogens with zero attached hydrogens (tertiary/aromatic N) is 1. The maximum atomic E-state index is 12.1. The van der Waals surface area contributed by atoms with E-state index in [0.29, 0.717) is 5.69 Å². The number of hydrogen-bond donors (Lipinski definition) is 2. The first-order valence-corrected chi connectivity index (χ1v) is 9.22. The van der Waals surface area contributed by atoms with Gasteiger partial charge in [-0.2, -0.15) is 0 Å². The first kappa shape index (κ1) is 17.1. The van der Waals surface area contributed by atoms with Gasteiger partial charge in [0.05, 0.1) is 22.3 Å². The van der Waals surface area contributed by atoms with Crippen molar-refractivity contribution in [1.29, 1.82) is 0 Å². The van der Waals surface area contributed by atoms with Gasteiger partial charge in [0.2, 0.25) is 15.9 Å². The summed E-state index contributed by atoms with van der Waals surface area (Å²) >= 11 is 0. The van der Waals surface area contributed by atoms with E-state index in [1.165, 1.54) is 12.1 Å². The largest absolute Gasteiger partial charge is 0.325 e. The molecule has 0 aliphatic heterocycles. The maximum Gasteiger partial charge on any atom is 0.240 e. The lowest BCUT2D eigenvalue weighted by molar-refractivity contribution is -0.116. The van der Waals surface area contributed by atoms with Gasteiger partial charge < -0.3 is 5.32 Å². The Morgan fingerprint density at radius 1 is 1.00 bits per heavy atom. The van der Waals surface area contributed by atoms with Crippen molar-refractivity contribution in [3.05, 3.63) is 66.9 Å². The van der Waals surface area contributed by atoms with Crippen molar-refractivity contribution in [2.75, 3.05) is 11.9 Å². The van der Waals surface area contributed by atoms with Gasteiger partial charge in [-0.05, 0) is 24.3 Å². The van der Waals surface area contributed by atoms with Gasteiger partial charge in [0.1, 0.15) is 0 Å². The molecule has 7 heteroatoms. The van der Waals surface area contributed by atoms with Crippen molar-refractivity contribution in [3.8, 4) is 0 Å². The number of rotatable bonds is 6. The van der Waals surface area contributed by atoms with E-state index in [2.05, 4.69) is 15.0 Å². The predicted molar refractivity (Wildman–Crippen MR) is 96.6 cm³/mol. The number of benzene rings is 2. The molecule has 1 aromatic heterocycles. The average Bonchev–Trinajstić information content (AvgIpc) is 2.62. The smallest absolute Gasteiger partial charge is 0.240 e. The minimum atomic E-state index is -3.60. The van der Waals surface area contributed by atoms with E-state index in [-0.39, 0.29) is 23.8 Å². The van der Waals surface area contributed by atoms with E-state index in [1.807, 2.05) is 30.3 Å². The highest BCUT2D eigenvalue weighted by molar-refractivity contribution is 7.89. The molecule has 25 heavy (non-hydrogen) atoms. The van der Waals surface area contributed by atoms with Crippen molar-refractivity contribution >= 4 is 32.5 Å². The van der Waals surface area contributed by atoms with Crippen molar-refractivity contribution < 1.29 is 13.2 Å². The van der Waals surface area contributed by atoms with Crippen molar-refractivity contribution in [1.82, 2.24) is 9.71 Å². The second-order valence-electron chi connectivity index (χ2n) is 5.43. The minimum Gasteiger partial charge on any atom is -0.325 e. The predicted octanol–water partition coefficient (Wildman–Crippen LogP) is 2.54. The van der Waals surface area contributed by atoms with E-state index in [1.54, 1.807) is 24.4 Å². The highest BCUT2D eigenvalue weighted by Gasteiger charge is 2.13. The lowest BCUT2D eigenvalue weighted by Gasteiger charge is -2.08. The monoisotopic (exact) mass is 355 g/mol. The Labute approximate surface area is 146 Å².